The van der Waals surface area contributed by atoms with Crippen molar-refractivity contribution in [2.24, 2.45) is 29.6 Å². The van der Waals surface area contributed by atoms with E-state index in [2.05, 4.69) is 19.2 Å². The predicted molar refractivity (Wildman–Crippen MR) is 130 cm³/mol. The maximum Gasteiger partial charge on any atom is 0.331 e. The molecule has 1 spiro atoms. The minimum absolute atomic E-state index is 0.00494. The van der Waals surface area contributed by atoms with Crippen LogP contribution >= 0.6 is 0 Å². The van der Waals surface area contributed by atoms with E-state index in [9.17, 15) is 19.8 Å². The molecule has 0 bridgehead atoms. The molecule has 1 aromatic rings. The molecule has 1 aromatic carbocycles. The van der Waals surface area contributed by atoms with E-state index in [1.54, 1.807) is 18.2 Å². The molecular weight excluding hydrogens is 430 g/mol. The molecule has 3 aliphatic rings. The highest BCUT2D eigenvalue weighted by molar-refractivity contribution is 5.94. The Hall–Kier alpha value is -2.86. The maximum atomic E-state index is 13.7. The highest BCUT2D eigenvalue weighted by Crippen LogP contribution is 2.50. The second-order valence-corrected chi connectivity index (χ2v) is 10.3. The van der Waals surface area contributed by atoms with Crippen LogP contribution < -0.4 is 5.32 Å². The molecule has 182 valence electrons. The number of allylic oxidation sites excluding steroid dienone is 2. The molecule has 0 radical (unpaired) electrons. The van der Waals surface area contributed by atoms with Crippen molar-refractivity contribution in [1.29, 1.82) is 0 Å². The highest BCUT2D eigenvalue weighted by Gasteiger charge is 2.64. The lowest BCUT2D eigenvalue weighted by atomic mass is 9.63. The molecule has 1 fully saturated rings. The van der Waals surface area contributed by atoms with Gasteiger partial charge in [-0.05, 0) is 49.3 Å². The largest absolute Gasteiger partial charge is 0.508 e. The Bertz CT molecular complexity index is 1030. The maximum absolute atomic E-state index is 13.7. The SMILES string of the molecule is CC1=C[C@@H]2/C=C/C[C@H](C)C(O)[C@H](C)/C=C/C(=O)O[C@]23C(=O)N[C@@H](Cc2ccc(O)cc2)[C@@H]3[C@@H]1C. The number of esters is 1. The molecule has 0 saturated carbocycles. The minimum atomic E-state index is -1.34. The van der Waals surface area contributed by atoms with Crippen molar-refractivity contribution in [2.75, 3.05) is 0 Å². The third-order valence-electron chi connectivity index (χ3n) is 7.96. The number of nitrogens with one attached hydrogen (secondary N) is 1. The van der Waals surface area contributed by atoms with E-state index >= 15 is 0 Å². The molecule has 6 nitrogen and oxygen atoms in total. The van der Waals surface area contributed by atoms with Crippen LogP contribution in [0.5, 0.6) is 5.75 Å². The molecule has 1 saturated heterocycles. The number of aromatic hydroxyl groups is 1. The van der Waals surface area contributed by atoms with E-state index in [4.69, 9.17) is 4.74 Å². The van der Waals surface area contributed by atoms with E-state index < -0.39 is 23.6 Å². The molecule has 6 heteroatoms. The third kappa shape index (κ3) is 4.31. The van der Waals surface area contributed by atoms with Crippen LogP contribution in [0.25, 0.3) is 0 Å². The molecule has 2 aliphatic heterocycles. The molecule has 1 amide bonds. The lowest BCUT2D eigenvalue weighted by Crippen LogP contribution is -2.56. The van der Waals surface area contributed by atoms with E-state index in [1.165, 1.54) is 6.08 Å². The predicted octanol–water partition coefficient (Wildman–Crippen LogP) is 3.69. The fraction of sp³-hybridized carbons (Fsp3) is 0.500. The van der Waals surface area contributed by atoms with Gasteiger partial charge in [-0.25, -0.2) is 4.79 Å². The van der Waals surface area contributed by atoms with Gasteiger partial charge in [0.2, 0.25) is 5.60 Å². The van der Waals surface area contributed by atoms with Crippen LogP contribution in [0.3, 0.4) is 0 Å². The number of carbonyl (C=O) groups excluding carboxylic acids is 2. The second kappa shape index (κ2) is 9.41. The number of aliphatic hydroxyl groups is 1. The fourth-order valence-corrected chi connectivity index (χ4v) is 5.84. The second-order valence-electron chi connectivity index (χ2n) is 10.3. The average Bonchev–Trinajstić information content (AvgIpc) is 3.07. The van der Waals surface area contributed by atoms with Crippen molar-refractivity contribution in [1.82, 2.24) is 5.32 Å². The number of ether oxygens (including phenoxy) is 1. The van der Waals surface area contributed by atoms with Gasteiger partial charge in [0.15, 0.2) is 0 Å². The summed E-state index contributed by atoms with van der Waals surface area (Å²) in [7, 11) is 0. The lowest BCUT2D eigenvalue weighted by Gasteiger charge is -2.44. The van der Waals surface area contributed by atoms with Crippen LogP contribution in [0.1, 0.15) is 39.7 Å². The number of aliphatic hydroxyl groups excluding tert-OH is 1. The Morgan fingerprint density at radius 1 is 1.12 bits per heavy atom. The minimum Gasteiger partial charge on any atom is -0.508 e. The molecule has 2 heterocycles. The van der Waals surface area contributed by atoms with Crippen molar-refractivity contribution in [2.45, 2.75) is 58.3 Å². The van der Waals surface area contributed by atoms with Crippen molar-refractivity contribution in [3.8, 4) is 5.75 Å². The summed E-state index contributed by atoms with van der Waals surface area (Å²) in [6, 6.07) is 6.75. The number of hydrogen-bond acceptors (Lipinski definition) is 5. The molecule has 3 N–H and O–H groups in total. The van der Waals surface area contributed by atoms with Gasteiger partial charge in [-0.1, -0.05) is 62.8 Å². The normalized spacial score (nSPS) is 39.9. The monoisotopic (exact) mass is 465 g/mol. The zero-order valence-electron chi connectivity index (χ0n) is 20.3. The smallest absolute Gasteiger partial charge is 0.331 e. The molecule has 1 unspecified atom stereocenters. The Labute approximate surface area is 201 Å². The van der Waals surface area contributed by atoms with Gasteiger partial charge in [-0.15, -0.1) is 0 Å². The van der Waals surface area contributed by atoms with Gasteiger partial charge < -0.3 is 20.3 Å². The summed E-state index contributed by atoms with van der Waals surface area (Å²) in [5.74, 6) is -1.50. The third-order valence-corrected chi connectivity index (χ3v) is 7.96. The highest BCUT2D eigenvalue weighted by atomic mass is 16.6. The fourth-order valence-electron chi connectivity index (χ4n) is 5.84. The number of hydrogen-bond donors (Lipinski definition) is 3. The van der Waals surface area contributed by atoms with Gasteiger partial charge in [0.1, 0.15) is 5.75 Å². The summed E-state index contributed by atoms with van der Waals surface area (Å²) in [6.45, 7) is 8.01. The van der Waals surface area contributed by atoms with Crippen LogP contribution in [0.15, 0.2) is 60.2 Å². The number of carbonyl (C=O) groups is 2. The Balaban J connectivity index is 1.76. The first-order valence-electron chi connectivity index (χ1n) is 12.2. The summed E-state index contributed by atoms with van der Waals surface area (Å²) >= 11 is 0. The number of amides is 1. The zero-order valence-corrected chi connectivity index (χ0v) is 20.3. The Morgan fingerprint density at radius 3 is 2.53 bits per heavy atom. The van der Waals surface area contributed by atoms with Crippen molar-refractivity contribution < 1.29 is 24.5 Å². The van der Waals surface area contributed by atoms with Crippen LogP contribution in [-0.2, 0) is 20.7 Å². The number of rotatable bonds is 2. The van der Waals surface area contributed by atoms with Gasteiger partial charge in [0, 0.05) is 29.9 Å². The van der Waals surface area contributed by atoms with E-state index in [-0.39, 0.29) is 41.4 Å². The van der Waals surface area contributed by atoms with Crippen molar-refractivity contribution in [3.63, 3.8) is 0 Å². The molecule has 34 heavy (non-hydrogen) atoms. The van der Waals surface area contributed by atoms with Gasteiger partial charge in [-0.3, -0.25) is 4.79 Å². The first-order valence-corrected chi connectivity index (χ1v) is 12.2. The molecule has 1 aliphatic carbocycles. The van der Waals surface area contributed by atoms with E-state index in [0.717, 1.165) is 11.1 Å². The van der Waals surface area contributed by atoms with Crippen molar-refractivity contribution in [3.05, 3.63) is 65.8 Å². The zero-order chi connectivity index (χ0) is 24.6. The van der Waals surface area contributed by atoms with Crippen LogP contribution in [0.2, 0.25) is 0 Å². The number of phenolic OH excluding ortho intramolecular Hbond substituents is 1. The summed E-state index contributed by atoms with van der Waals surface area (Å²) in [4.78, 5) is 26.7. The van der Waals surface area contributed by atoms with Crippen LogP contribution in [-0.4, -0.2) is 39.8 Å². The summed E-state index contributed by atoms with van der Waals surface area (Å²) in [5.41, 5.74) is 0.799. The quantitative estimate of drug-likeness (QED) is 0.457. The average molecular weight is 466 g/mol. The van der Waals surface area contributed by atoms with Gasteiger partial charge in [0.25, 0.3) is 5.91 Å². The first kappa shape index (κ1) is 24.3. The molecule has 0 aromatic heterocycles. The summed E-state index contributed by atoms with van der Waals surface area (Å²) in [5, 5.41) is 23.4. The van der Waals surface area contributed by atoms with Crippen LogP contribution in [0, 0.1) is 29.6 Å². The first-order chi connectivity index (χ1) is 16.1. The van der Waals surface area contributed by atoms with Gasteiger partial charge in [-0.2, -0.15) is 0 Å². The summed E-state index contributed by atoms with van der Waals surface area (Å²) in [6.07, 6.45) is 9.69. The number of benzene rings is 1. The van der Waals surface area contributed by atoms with E-state index in [1.807, 2.05) is 44.2 Å². The molecule has 8 atom stereocenters. The standard InChI is InChI=1S/C28H35NO5/c1-16-6-5-7-21-14-18(3)19(4)25-23(15-20-9-11-22(30)12-10-20)29-27(33)28(21,25)34-24(31)13-8-17(2)26(16)32/h5,7-14,16-17,19,21,23,25-26,30,32H,6,15H2,1-4H3,(H,29,33)/b7-5+,13-8+/t16-,17+,19+,21-,23-,25-,26?,28+/m0/s1. The summed E-state index contributed by atoms with van der Waals surface area (Å²) < 4.78 is 6.11. The topological polar surface area (TPSA) is 95.9 Å². The van der Waals surface area contributed by atoms with Gasteiger partial charge in [0.05, 0.1) is 6.10 Å². The van der Waals surface area contributed by atoms with Gasteiger partial charge >= 0.3 is 5.97 Å². The van der Waals surface area contributed by atoms with Crippen LogP contribution in [0.4, 0.5) is 0 Å². The number of phenols is 1. The van der Waals surface area contributed by atoms with E-state index in [0.29, 0.717) is 12.8 Å². The lowest BCUT2D eigenvalue weighted by molar-refractivity contribution is -0.172. The van der Waals surface area contributed by atoms with Crippen molar-refractivity contribution >= 4 is 11.9 Å². The Kier molecular flexibility index (Phi) is 6.72. The molecular formula is C28H35NO5. The Morgan fingerprint density at radius 2 is 1.82 bits per heavy atom. The molecule has 4 rings (SSSR count).